The first-order valence-electron chi connectivity index (χ1n) is 10.7. The van der Waals surface area contributed by atoms with Crippen molar-refractivity contribution in [3.63, 3.8) is 0 Å². The summed E-state index contributed by atoms with van der Waals surface area (Å²) >= 11 is 0. The van der Waals surface area contributed by atoms with E-state index in [9.17, 15) is 0 Å². The van der Waals surface area contributed by atoms with Crippen molar-refractivity contribution >= 4 is 8.60 Å². The van der Waals surface area contributed by atoms with Gasteiger partial charge in [0.15, 0.2) is 11.5 Å². The van der Waals surface area contributed by atoms with Gasteiger partial charge in [-0.25, -0.2) is 0 Å². The van der Waals surface area contributed by atoms with Crippen LogP contribution in [0.15, 0.2) is 36.1 Å². The maximum atomic E-state index is 6.02. The van der Waals surface area contributed by atoms with Crippen LogP contribution in [0.25, 0.3) is 0 Å². The quantitative estimate of drug-likeness (QED) is 0.479. The third-order valence-electron chi connectivity index (χ3n) is 5.04. The third-order valence-corrected chi connectivity index (χ3v) is 6.61. The number of methoxy groups -OCH3 is 2. The number of ether oxygens (including phenoxy) is 2. The molecule has 170 valence electrons. The lowest BCUT2D eigenvalue weighted by atomic mass is 9.89. The zero-order valence-corrected chi connectivity index (χ0v) is 20.4. The maximum Gasteiger partial charge on any atom is 0.397 e. The molecule has 30 heavy (non-hydrogen) atoms. The van der Waals surface area contributed by atoms with Gasteiger partial charge in [-0.3, -0.25) is 13.9 Å². The molecule has 7 heteroatoms. The largest absolute Gasteiger partial charge is 0.493 e. The van der Waals surface area contributed by atoms with Crippen molar-refractivity contribution in [3.05, 3.63) is 36.1 Å². The topological polar surface area (TPSA) is 49.4 Å². The lowest BCUT2D eigenvalue weighted by Gasteiger charge is -2.29. The highest BCUT2D eigenvalue weighted by molar-refractivity contribution is 7.41. The number of nitrogens with zero attached hydrogens (tertiary/aromatic N) is 1. The molecule has 0 saturated carbocycles. The highest BCUT2D eigenvalue weighted by Crippen LogP contribution is 2.47. The Hall–Kier alpha value is -1.33. The monoisotopic (exact) mass is 439 g/mol. The van der Waals surface area contributed by atoms with Gasteiger partial charge in [-0.1, -0.05) is 12.1 Å². The van der Waals surface area contributed by atoms with Crippen molar-refractivity contribution in [2.45, 2.75) is 65.2 Å². The summed E-state index contributed by atoms with van der Waals surface area (Å²) in [4.78, 5) is 2.42. The Balaban J connectivity index is 0.000000269. The molecule has 0 bridgehead atoms. The Morgan fingerprint density at radius 2 is 1.50 bits per heavy atom. The summed E-state index contributed by atoms with van der Waals surface area (Å²) in [6, 6.07) is 8.06. The van der Waals surface area contributed by atoms with E-state index in [4.69, 9.17) is 23.0 Å². The average molecular weight is 440 g/mol. The molecule has 0 aromatic heterocycles. The van der Waals surface area contributed by atoms with Crippen molar-refractivity contribution < 1.29 is 23.0 Å². The molecule has 0 radical (unpaired) electrons. The lowest BCUT2D eigenvalue weighted by Crippen LogP contribution is -2.30. The molecule has 2 atom stereocenters. The summed E-state index contributed by atoms with van der Waals surface area (Å²) in [7, 11) is 4.16. The Labute approximate surface area is 183 Å². The first kappa shape index (κ1) is 24.9. The minimum atomic E-state index is -1.28. The Morgan fingerprint density at radius 3 is 2.00 bits per heavy atom. The Kier molecular flexibility index (Phi) is 10.4. The summed E-state index contributed by atoms with van der Waals surface area (Å²) in [6.07, 6.45) is 6.05. The van der Waals surface area contributed by atoms with Crippen molar-refractivity contribution in [2.75, 3.05) is 27.8 Å². The van der Waals surface area contributed by atoms with Crippen molar-refractivity contribution in [2.24, 2.45) is 5.92 Å². The van der Waals surface area contributed by atoms with Crippen molar-refractivity contribution in [3.8, 4) is 11.5 Å². The minimum Gasteiger partial charge on any atom is -0.493 e. The van der Waals surface area contributed by atoms with Gasteiger partial charge >= 0.3 is 8.60 Å². The van der Waals surface area contributed by atoms with Gasteiger partial charge in [-0.15, -0.1) is 0 Å². The number of para-hydroxylation sites is 2. The van der Waals surface area contributed by atoms with E-state index in [-0.39, 0.29) is 12.2 Å². The van der Waals surface area contributed by atoms with E-state index in [1.54, 1.807) is 14.2 Å². The second-order valence-corrected chi connectivity index (χ2v) is 9.22. The highest BCUT2D eigenvalue weighted by atomic mass is 31.2. The third kappa shape index (κ3) is 7.73. The summed E-state index contributed by atoms with van der Waals surface area (Å²) in [6.45, 7) is 9.24. The lowest BCUT2D eigenvalue weighted by molar-refractivity contribution is 0.124. The van der Waals surface area contributed by atoms with Crippen LogP contribution in [-0.4, -0.2) is 51.0 Å². The van der Waals surface area contributed by atoms with Crippen LogP contribution in [0, 0.1) is 5.92 Å². The van der Waals surface area contributed by atoms with Crippen LogP contribution >= 0.6 is 8.60 Å². The fraction of sp³-hybridized carbons (Fsp3) is 0.652. The number of likely N-dealkylation sites (N-methyl/N-ethyl adjacent to an activating group) is 1. The molecular formula is C23H38NO5P. The van der Waals surface area contributed by atoms with E-state index >= 15 is 0 Å². The summed E-state index contributed by atoms with van der Waals surface area (Å²) < 4.78 is 27.6. The van der Waals surface area contributed by atoms with E-state index in [1.165, 1.54) is 19.4 Å². The minimum absolute atomic E-state index is 0.117. The van der Waals surface area contributed by atoms with E-state index in [0.717, 1.165) is 29.6 Å². The SMILES string of the molecule is CC(C)OP(OC1=CC2C(CC1)CCN2C)OC(C)C.COc1ccccc1OC. The maximum absolute atomic E-state index is 6.02. The number of rotatable bonds is 8. The molecule has 0 spiro atoms. The van der Waals surface area contributed by atoms with Crippen LogP contribution in [0.4, 0.5) is 0 Å². The van der Waals surface area contributed by atoms with Gasteiger partial charge in [0.05, 0.1) is 26.4 Å². The van der Waals surface area contributed by atoms with Crippen molar-refractivity contribution in [1.82, 2.24) is 4.90 Å². The van der Waals surface area contributed by atoms with Crippen molar-refractivity contribution in [1.29, 1.82) is 0 Å². The average Bonchev–Trinajstić information content (AvgIpc) is 3.07. The van der Waals surface area contributed by atoms with Gasteiger partial charge in [0.25, 0.3) is 0 Å². The molecule has 1 aliphatic heterocycles. The number of fused-ring (bicyclic) bond motifs is 1. The molecule has 1 saturated heterocycles. The molecular weight excluding hydrogens is 401 g/mol. The number of hydrogen-bond acceptors (Lipinski definition) is 6. The van der Waals surface area contributed by atoms with Crippen LogP contribution in [0.5, 0.6) is 11.5 Å². The van der Waals surface area contributed by atoms with Gasteiger partial charge < -0.3 is 14.0 Å². The molecule has 1 aromatic carbocycles. The smallest absolute Gasteiger partial charge is 0.397 e. The first-order valence-corrected chi connectivity index (χ1v) is 11.8. The predicted octanol–water partition coefficient (Wildman–Crippen LogP) is 5.78. The van der Waals surface area contributed by atoms with Gasteiger partial charge in [-0.2, -0.15) is 0 Å². The molecule has 0 N–H and O–H groups in total. The van der Waals surface area contributed by atoms with E-state index in [0.29, 0.717) is 6.04 Å². The number of hydrogen-bond donors (Lipinski definition) is 0. The normalized spacial score (nSPS) is 21.2. The van der Waals surface area contributed by atoms with Crippen LogP contribution < -0.4 is 9.47 Å². The number of allylic oxidation sites excluding steroid dienone is 1. The highest BCUT2D eigenvalue weighted by Gasteiger charge is 2.34. The Bertz CT molecular complexity index is 634. The van der Waals surface area contributed by atoms with E-state index < -0.39 is 8.60 Å². The predicted molar refractivity (Wildman–Crippen MR) is 122 cm³/mol. The summed E-state index contributed by atoms with van der Waals surface area (Å²) in [5.74, 6) is 3.39. The number of benzene rings is 1. The van der Waals surface area contributed by atoms with Crippen LogP contribution in [0.3, 0.4) is 0 Å². The van der Waals surface area contributed by atoms with Gasteiger partial charge in [0.1, 0.15) is 5.76 Å². The molecule has 2 unspecified atom stereocenters. The van der Waals surface area contributed by atoms with Gasteiger partial charge in [-0.05, 0) is 78.3 Å². The Morgan fingerprint density at radius 1 is 0.933 bits per heavy atom. The zero-order chi connectivity index (χ0) is 22.1. The second kappa shape index (κ2) is 12.5. The molecule has 6 nitrogen and oxygen atoms in total. The molecule has 1 aliphatic carbocycles. The van der Waals surface area contributed by atoms with Crippen LogP contribution in [0.1, 0.15) is 47.0 Å². The van der Waals surface area contributed by atoms with Crippen LogP contribution in [-0.2, 0) is 13.6 Å². The van der Waals surface area contributed by atoms with E-state index in [1.807, 2.05) is 52.0 Å². The summed E-state index contributed by atoms with van der Waals surface area (Å²) in [5, 5.41) is 0. The standard InChI is InChI=1S/C15H28NO3P.C8H10O2/c1-11(2)17-20(18-12(3)4)19-14-7-6-13-8-9-16(5)15(13)10-14;1-9-7-5-3-4-6-8(7)10-2/h10-13,15H,6-9H2,1-5H3;3-6H,1-2H3. The van der Waals surface area contributed by atoms with Crippen LogP contribution in [0.2, 0.25) is 0 Å². The molecule has 1 fully saturated rings. The molecule has 3 rings (SSSR count). The summed E-state index contributed by atoms with van der Waals surface area (Å²) in [5.41, 5.74) is 0. The fourth-order valence-electron chi connectivity index (χ4n) is 3.60. The molecule has 2 aliphatic rings. The van der Waals surface area contributed by atoms with Gasteiger partial charge in [0.2, 0.25) is 0 Å². The molecule has 0 amide bonds. The first-order chi connectivity index (χ1) is 14.3. The molecule has 1 heterocycles. The second-order valence-electron chi connectivity index (χ2n) is 8.17. The zero-order valence-electron chi connectivity index (χ0n) is 19.5. The van der Waals surface area contributed by atoms with Gasteiger partial charge in [0, 0.05) is 12.5 Å². The molecule has 1 aromatic rings. The fourth-order valence-corrected chi connectivity index (χ4v) is 4.77. The number of likely N-dealkylation sites (tertiary alicyclic amines) is 1. The van der Waals surface area contributed by atoms with E-state index in [2.05, 4.69) is 18.0 Å².